The third-order valence-electron chi connectivity index (χ3n) is 5.47. The highest BCUT2D eigenvalue weighted by molar-refractivity contribution is 6.31. The molecular weight excluding hydrogens is 462 g/mol. The van der Waals surface area contributed by atoms with Gasteiger partial charge in [0.25, 0.3) is 11.8 Å². The second-order valence-corrected chi connectivity index (χ2v) is 8.17. The summed E-state index contributed by atoms with van der Waals surface area (Å²) in [5.74, 6) is -0.627. The largest absolute Gasteiger partial charge is 0.288 e. The van der Waals surface area contributed by atoms with Crippen LogP contribution in [0.1, 0.15) is 27.2 Å². The van der Waals surface area contributed by atoms with Crippen LogP contribution in [0, 0.1) is 6.92 Å². The number of benzene rings is 3. The number of rotatable bonds is 4. The van der Waals surface area contributed by atoms with E-state index < -0.39 is 11.8 Å². The number of aromatic nitrogens is 2. The monoisotopic (exact) mass is 481 g/mol. The van der Waals surface area contributed by atoms with Crippen molar-refractivity contribution in [1.29, 1.82) is 0 Å². The van der Waals surface area contributed by atoms with E-state index in [4.69, 9.17) is 11.6 Å². The highest BCUT2D eigenvalue weighted by Gasteiger charge is 2.31. The lowest BCUT2D eigenvalue weighted by atomic mass is 10.1. The van der Waals surface area contributed by atoms with E-state index in [1.807, 2.05) is 73.7 Å². The average molecular weight is 482 g/mol. The molecule has 8 heteroatoms. The van der Waals surface area contributed by atoms with E-state index in [-0.39, 0.29) is 5.70 Å². The number of nitrogens with one attached hydrogen (secondary N) is 1. The van der Waals surface area contributed by atoms with Crippen molar-refractivity contribution in [2.24, 2.45) is 4.99 Å². The molecule has 1 aromatic heterocycles. The molecular formula is C27H20ClN5O2. The molecule has 3 aromatic carbocycles. The van der Waals surface area contributed by atoms with Crippen LogP contribution in [0.4, 0.5) is 0 Å². The highest BCUT2D eigenvalue weighted by Crippen LogP contribution is 2.27. The molecule has 0 spiro atoms. The van der Waals surface area contributed by atoms with Gasteiger partial charge in [-0.05, 0) is 37.3 Å². The first-order chi connectivity index (χ1) is 17.0. The number of aryl methyl sites for hydroxylation is 1. The molecule has 35 heavy (non-hydrogen) atoms. The van der Waals surface area contributed by atoms with E-state index in [0.717, 1.165) is 5.69 Å². The number of aliphatic imine (C=N–C) groups is 1. The van der Waals surface area contributed by atoms with Gasteiger partial charge < -0.3 is 0 Å². The standard InChI is InChI=1S/C27H20ClN5O2/c1-18-22(24(28)32(30-18)21-15-9-4-10-16-21)17-23-26(34)31-33(27(35)20-13-7-3-8-14-20)25(29-23)19-11-5-2-6-12-19/h2-17H,1H3,(H,31,34)/b23-17-. The smallest absolute Gasteiger partial charge is 0.267 e. The molecule has 172 valence electrons. The Labute approximate surface area is 207 Å². The van der Waals surface area contributed by atoms with Crippen LogP contribution in [0.5, 0.6) is 0 Å². The first kappa shape index (κ1) is 22.3. The predicted octanol–water partition coefficient (Wildman–Crippen LogP) is 4.81. The minimum atomic E-state index is -0.531. The van der Waals surface area contributed by atoms with Gasteiger partial charge in [0.1, 0.15) is 10.9 Å². The molecule has 1 N–H and O–H groups in total. The summed E-state index contributed by atoms with van der Waals surface area (Å²) in [4.78, 5) is 30.9. The maximum atomic E-state index is 13.2. The molecule has 0 bridgehead atoms. The molecule has 0 atom stereocenters. The van der Waals surface area contributed by atoms with Crippen LogP contribution in [0.15, 0.2) is 102 Å². The van der Waals surface area contributed by atoms with Gasteiger partial charge in [-0.15, -0.1) is 0 Å². The van der Waals surface area contributed by atoms with Gasteiger partial charge in [-0.2, -0.15) is 10.1 Å². The number of para-hydroxylation sites is 1. The SMILES string of the molecule is Cc1nn(-c2ccccc2)c(Cl)c1/C=C1\N=C(c2ccccc2)N(C(=O)c2ccccc2)NC1=O. The third-order valence-corrected chi connectivity index (χ3v) is 5.83. The van der Waals surface area contributed by atoms with Crippen molar-refractivity contribution in [1.82, 2.24) is 20.2 Å². The van der Waals surface area contributed by atoms with Crippen LogP contribution in [0.25, 0.3) is 11.8 Å². The number of nitrogens with zero attached hydrogens (tertiary/aromatic N) is 4. The molecule has 0 saturated carbocycles. The second kappa shape index (κ2) is 9.40. The molecule has 0 aliphatic carbocycles. The molecule has 4 aromatic rings. The Hall–Kier alpha value is -4.49. The normalized spacial score (nSPS) is 14.6. The van der Waals surface area contributed by atoms with Crippen LogP contribution in [0.3, 0.4) is 0 Å². The Morgan fingerprint density at radius 3 is 2.17 bits per heavy atom. The Kier molecular flexibility index (Phi) is 5.99. The summed E-state index contributed by atoms with van der Waals surface area (Å²) in [6, 6.07) is 27.4. The van der Waals surface area contributed by atoms with Crippen LogP contribution < -0.4 is 5.43 Å². The van der Waals surface area contributed by atoms with Crippen LogP contribution >= 0.6 is 11.6 Å². The van der Waals surface area contributed by atoms with Gasteiger partial charge in [0.2, 0.25) is 0 Å². The van der Waals surface area contributed by atoms with E-state index >= 15 is 0 Å². The molecule has 0 unspecified atom stereocenters. The van der Waals surface area contributed by atoms with Crippen molar-refractivity contribution in [3.63, 3.8) is 0 Å². The minimum absolute atomic E-state index is 0.110. The van der Waals surface area contributed by atoms with Gasteiger partial charge in [0.05, 0.1) is 11.4 Å². The number of carbonyl (C=O) groups excluding carboxylic acids is 2. The lowest BCUT2D eigenvalue weighted by molar-refractivity contribution is -0.120. The Balaban J connectivity index is 1.60. The van der Waals surface area contributed by atoms with E-state index in [1.54, 1.807) is 35.0 Å². The number of halogens is 1. The van der Waals surface area contributed by atoms with Crippen molar-refractivity contribution in [2.45, 2.75) is 6.92 Å². The fourth-order valence-electron chi connectivity index (χ4n) is 3.71. The Morgan fingerprint density at radius 2 is 1.51 bits per heavy atom. The van der Waals surface area contributed by atoms with Crippen LogP contribution in [0.2, 0.25) is 5.15 Å². The van der Waals surface area contributed by atoms with Gasteiger partial charge in [-0.25, -0.2) is 9.67 Å². The average Bonchev–Trinajstić information content (AvgIpc) is 3.19. The number of carbonyl (C=O) groups is 2. The molecule has 0 fully saturated rings. The zero-order valence-electron chi connectivity index (χ0n) is 18.7. The predicted molar refractivity (Wildman–Crippen MR) is 135 cm³/mol. The second-order valence-electron chi connectivity index (χ2n) is 7.82. The van der Waals surface area contributed by atoms with Crippen molar-refractivity contribution >= 4 is 35.3 Å². The number of amidine groups is 1. The number of hydrogen-bond donors (Lipinski definition) is 1. The quantitative estimate of drug-likeness (QED) is 0.425. The van der Waals surface area contributed by atoms with Gasteiger partial charge >= 0.3 is 0 Å². The summed E-state index contributed by atoms with van der Waals surface area (Å²) in [5, 5.41) is 6.05. The summed E-state index contributed by atoms with van der Waals surface area (Å²) in [5.41, 5.74) is 5.90. The molecule has 5 rings (SSSR count). The van der Waals surface area contributed by atoms with Crippen LogP contribution in [-0.4, -0.2) is 32.4 Å². The van der Waals surface area contributed by atoms with Crippen molar-refractivity contribution < 1.29 is 9.59 Å². The topological polar surface area (TPSA) is 79.6 Å². The summed E-state index contributed by atoms with van der Waals surface area (Å²) in [7, 11) is 0. The van der Waals surface area contributed by atoms with Crippen molar-refractivity contribution in [3.05, 3.63) is 124 Å². The fraction of sp³-hybridized carbons (Fsp3) is 0.0370. The number of amides is 2. The first-order valence-corrected chi connectivity index (χ1v) is 11.3. The van der Waals surface area contributed by atoms with E-state index in [9.17, 15) is 9.59 Å². The van der Waals surface area contributed by atoms with Gasteiger partial charge in [0, 0.05) is 16.7 Å². The highest BCUT2D eigenvalue weighted by atomic mass is 35.5. The summed E-state index contributed by atoms with van der Waals surface area (Å²) < 4.78 is 1.61. The molecule has 1 aliphatic rings. The maximum Gasteiger partial charge on any atom is 0.288 e. The zero-order chi connectivity index (χ0) is 24.4. The molecule has 7 nitrogen and oxygen atoms in total. The summed E-state index contributed by atoms with van der Waals surface area (Å²) >= 11 is 6.65. The molecule has 2 amide bonds. The lowest BCUT2D eigenvalue weighted by Gasteiger charge is -2.28. The van der Waals surface area contributed by atoms with Gasteiger partial charge in [-0.3, -0.25) is 15.0 Å². The molecule has 1 aliphatic heterocycles. The minimum Gasteiger partial charge on any atom is -0.267 e. The number of hydrazine groups is 1. The van der Waals surface area contributed by atoms with E-state index in [2.05, 4.69) is 15.5 Å². The Morgan fingerprint density at radius 1 is 0.914 bits per heavy atom. The molecule has 0 saturated heterocycles. The van der Waals surface area contributed by atoms with Crippen molar-refractivity contribution in [3.8, 4) is 5.69 Å². The lowest BCUT2D eigenvalue weighted by Crippen LogP contribution is -2.53. The van der Waals surface area contributed by atoms with Crippen LogP contribution in [-0.2, 0) is 4.79 Å². The first-order valence-electron chi connectivity index (χ1n) is 10.9. The fourth-order valence-corrected chi connectivity index (χ4v) is 4.04. The summed E-state index contributed by atoms with van der Waals surface area (Å²) in [6.45, 7) is 1.81. The molecule has 0 radical (unpaired) electrons. The Bertz CT molecular complexity index is 1460. The van der Waals surface area contributed by atoms with Crippen molar-refractivity contribution in [2.75, 3.05) is 0 Å². The zero-order valence-corrected chi connectivity index (χ0v) is 19.5. The van der Waals surface area contributed by atoms with Gasteiger partial charge in [-0.1, -0.05) is 78.3 Å². The maximum absolute atomic E-state index is 13.2. The van der Waals surface area contributed by atoms with Gasteiger partial charge in [0.15, 0.2) is 5.84 Å². The van der Waals surface area contributed by atoms with E-state index in [1.165, 1.54) is 5.01 Å². The summed E-state index contributed by atoms with van der Waals surface area (Å²) in [6.07, 6.45) is 1.59. The third kappa shape index (κ3) is 4.37. The van der Waals surface area contributed by atoms with E-state index in [0.29, 0.717) is 33.4 Å². The number of hydrogen-bond acceptors (Lipinski definition) is 4. The molecule has 2 heterocycles.